The van der Waals surface area contributed by atoms with Crippen molar-refractivity contribution in [1.82, 2.24) is 0 Å². The Morgan fingerprint density at radius 1 is 0.789 bits per heavy atom. The SMILES string of the molecule is FC(F)(F)C#Cc1ccc(Oc2ccccc2)cc1. The summed E-state index contributed by atoms with van der Waals surface area (Å²) in [5.41, 5.74) is 0.290. The number of alkyl halides is 3. The summed E-state index contributed by atoms with van der Waals surface area (Å²) in [5, 5.41) is 0. The first-order chi connectivity index (χ1) is 9.03. The normalized spacial score (nSPS) is 10.5. The summed E-state index contributed by atoms with van der Waals surface area (Å²) in [4.78, 5) is 0. The zero-order valence-electron chi connectivity index (χ0n) is 9.74. The molecule has 19 heavy (non-hydrogen) atoms. The lowest BCUT2D eigenvalue weighted by molar-refractivity contribution is -0.0696. The first-order valence-electron chi connectivity index (χ1n) is 5.46. The molecule has 2 rings (SSSR count). The number of benzene rings is 2. The van der Waals surface area contributed by atoms with Crippen molar-refractivity contribution in [3.05, 3.63) is 60.2 Å². The molecule has 0 amide bonds. The lowest BCUT2D eigenvalue weighted by Crippen LogP contribution is -2.01. The van der Waals surface area contributed by atoms with Crippen LogP contribution in [-0.4, -0.2) is 6.18 Å². The van der Waals surface area contributed by atoms with Gasteiger partial charge in [-0.15, -0.1) is 0 Å². The number of para-hydroxylation sites is 1. The van der Waals surface area contributed by atoms with E-state index in [-0.39, 0.29) is 5.56 Å². The van der Waals surface area contributed by atoms with Crippen molar-refractivity contribution in [2.24, 2.45) is 0 Å². The first kappa shape index (κ1) is 13.0. The summed E-state index contributed by atoms with van der Waals surface area (Å²) in [6.07, 6.45) is -4.47. The molecule has 0 heterocycles. The maximum atomic E-state index is 11.9. The zero-order chi connectivity index (χ0) is 13.7. The Hall–Kier alpha value is -2.41. The summed E-state index contributed by atoms with van der Waals surface area (Å²) >= 11 is 0. The highest BCUT2D eigenvalue weighted by Gasteiger charge is 2.22. The third-order valence-corrected chi connectivity index (χ3v) is 2.18. The highest BCUT2D eigenvalue weighted by molar-refractivity contribution is 5.40. The van der Waals surface area contributed by atoms with Crippen molar-refractivity contribution in [3.8, 4) is 23.3 Å². The molecule has 0 saturated heterocycles. The van der Waals surface area contributed by atoms with Crippen molar-refractivity contribution in [2.45, 2.75) is 6.18 Å². The number of hydrogen-bond donors (Lipinski definition) is 0. The standard InChI is InChI=1S/C15H9F3O/c16-15(17,18)11-10-12-6-8-14(9-7-12)19-13-4-2-1-3-5-13/h1-9H. The van der Waals surface area contributed by atoms with E-state index in [4.69, 9.17) is 4.74 Å². The monoisotopic (exact) mass is 262 g/mol. The van der Waals surface area contributed by atoms with Gasteiger partial charge < -0.3 is 4.74 Å². The van der Waals surface area contributed by atoms with Crippen molar-refractivity contribution in [2.75, 3.05) is 0 Å². The first-order valence-corrected chi connectivity index (χ1v) is 5.46. The van der Waals surface area contributed by atoms with Gasteiger partial charge in [0.05, 0.1) is 0 Å². The van der Waals surface area contributed by atoms with Crippen LogP contribution in [0.3, 0.4) is 0 Å². The van der Waals surface area contributed by atoms with Crippen molar-refractivity contribution < 1.29 is 17.9 Å². The minimum absolute atomic E-state index is 0.290. The molecule has 2 aromatic carbocycles. The van der Waals surface area contributed by atoms with E-state index in [1.807, 2.05) is 24.1 Å². The molecule has 0 saturated carbocycles. The van der Waals surface area contributed by atoms with Gasteiger partial charge in [0.15, 0.2) is 0 Å². The Balaban J connectivity index is 2.08. The summed E-state index contributed by atoms with van der Waals surface area (Å²) in [6, 6.07) is 15.2. The fourth-order valence-electron chi connectivity index (χ4n) is 1.37. The lowest BCUT2D eigenvalue weighted by Gasteiger charge is -2.04. The molecule has 0 fully saturated rings. The van der Waals surface area contributed by atoms with E-state index in [1.54, 1.807) is 24.3 Å². The van der Waals surface area contributed by atoms with Gasteiger partial charge >= 0.3 is 6.18 Å². The van der Waals surface area contributed by atoms with E-state index in [2.05, 4.69) is 0 Å². The number of halogens is 3. The molecule has 0 aliphatic carbocycles. The fraction of sp³-hybridized carbons (Fsp3) is 0.0667. The topological polar surface area (TPSA) is 9.23 Å². The van der Waals surface area contributed by atoms with Crippen molar-refractivity contribution >= 4 is 0 Å². The van der Waals surface area contributed by atoms with Gasteiger partial charge in [-0.2, -0.15) is 13.2 Å². The summed E-state index contributed by atoms with van der Waals surface area (Å²) in [5.74, 6) is 4.47. The minimum Gasteiger partial charge on any atom is -0.457 e. The van der Waals surface area contributed by atoms with Crippen LogP contribution in [0.4, 0.5) is 13.2 Å². The van der Waals surface area contributed by atoms with Crippen LogP contribution in [0.25, 0.3) is 0 Å². The second kappa shape index (κ2) is 5.49. The summed E-state index contributed by atoms with van der Waals surface area (Å²) in [6.45, 7) is 0. The smallest absolute Gasteiger partial charge is 0.457 e. The lowest BCUT2D eigenvalue weighted by atomic mass is 10.2. The third kappa shape index (κ3) is 4.40. The van der Waals surface area contributed by atoms with Crippen LogP contribution in [0.2, 0.25) is 0 Å². The molecule has 0 aromatic heterocycles. The average molecular weight is 262 g/mol. The van der Waals surface area contributed by atoms with E-state index in [9.17, 15) is 13.2 Å². The van der Waals surface area contributed by atoms with E-state index < -0.39 is 6.18 Å². The number of hydrogen-bond acceptors (Lipinski definition) is 1. The van der Waals surface area contributed by atoms with Gasteiger partial charge in [-0.05, 0) is 36.4 Å². The molecule has 1 nitrogen and oxygen atoms in total. The second-order valence-electron chi connectivity index (χ2n) is 3.69. The average Bonchev–Trinajstić information content (AvgIpc) is 2.38. The predicted octanol–water partition coefficient (Wildman–Crippen LogP) is 4.39. The van der Waals surface area contributed by atoms with Crippen LogP contribution in [-0.2, 0) is 0 Å². The van der Waals surface area contributed by atoms with Crippen LogP contribution in [0, 0.1) is 11.8 Å². The molecule has 0 N–H and O–H groups in total. The Kier molecular flexibility index (Phi) is 3.76. The molecule has 4 heteroatoms. The highest BCUT2D eigenvalue weighted by Crippen LogP contribution is 2.21. The number of rotatable bonds is 2. The van der Waals surface area contributed by atoms with Crippen LogP contribution >= 0.6 is 0 Å². The highest BCUT2D eigenvalue weighted by atomic mass is 19.4. The Morgan fingerprint density at radius 3 is 1.95 bits per heavy atom. The predicted molar refractivity (Wildman–Crippen MR) is 65.9 cm³/mol. The van der Waals surface area contributed by atoms with E-state index in [1.165, 1.54) is 18.1 Å². The van der Waals surface area contributed by atoms with Gasteiger partial charge in [0.1, 0.15) is 11.5 Å². The van der Waals surface area contributed by atoms with Crippen LogP contribution in [0.15, 0.2) is 54.6 Å². The number of ether oxygens (including phenoxy) is 1. The van der Waals surface area contributed by atoms with Gasteiger partial charge in [-0.25, -0.2) is 0 Å². The molecule has 0 spiro atoms. The van der Waals surface area contributed by atoms with E-state index in [0.717, 1.165) is 0 Å². The second-order valence-corrected chi connectivity index (χ2v) is 3.69. The molecular weight excluding hydrogens is 253 g/mol. The van der Waals surface area contributed by atoms with Gasteiger partial charge in [-0.1, -0.05) is 24.1 Å². The molecule has 2 aromatic rings. The van der Waals surface area contributed by atoms with Crippen LogP contribution in [0.1, 0.15) is 5.56 Å². The molecule has 0 atom stereocenters. The van der Waals surface area contributed by atoms with Gasteiger partial charge in [0, 0.05) is 11.5 Å². The molecule has 0 unspecified atom stereocenters. The zero-order valence-corrected chi connectivity index (χ0v) is 9.74. The van der Waals surface area contributed by atoms with E-state index in [0.29, 0.717) is 11.5 Å². The Bertz CT molecular complexity index is 589. The Labute approximate surface area is 108 Å². The van der Waals surface area contributed by atoms with Crippen LogP contribution in [0.5, 0.6) is 11.5 Å². The maximum absolute atomic E-state index is 11.9. The largest absolute Gasteiger partial charge is 0.458 e. The fourth-order valence-corrected chi connectivity index (χ4v) is 1.37. The summed E-state index contributed by atoms with van der Waals surface area (Å²) < 4.78 is 41.2. The van der Waals surface area contributed by atoms with Crippen molar-refractivity contribution in [3.63, 3.8) is 0 Å². The quantitative estimate of drug-likeness (QED) is 0.729. The summed E-state index contributed by atoms with van der Waals surface area (Å²) in [7, 11) is 0. The maximum Gasteiger partial charge on any atom is 0.458 e. The third-order valence-electron chi connectivity index (χ3n) is 2.18. The van der Waals surface area contributed by atoms with Crippen molar-refractivity contribution in [1.29, 1.82) is 0 Å². The molecule has 0 bridgehead atoms. The Morgan fingerprint density at radius 2 is 1.37 bits per heavy atom. The molecule has 0 aliphatic rings. The van der Waals surface area contributed by atoms with Gasteiger partial charge in [-0.3, -0.25) is 0 Å². The molecule has 0 radical (unpaired) electrons. The molecule has 96 valence electrons. The molecule has 0 aliphatic heterocycles. The van der Waals surface area contributed by atoms with Gasteiger partial charge in [0.25, 0.3) is 0 Å². The van der Waals surface area contributed by atoms with Gasteiger partial charge in [0.2, 0.25) is 0 Å². The minimum atomic E-state index is -4.47. The van der Waals surface area contributed by atoms with Crippen LogP contribution < -0.4 is 4.74 Å². The van der Waals surface area contributed by atoms with E-state index >= 15 is 0 Å². The molecular formula is C15H9F3O.